The molecule has 0 aromatic rings. The summed E-state index contributed by atoms with van der Waals surface area (Å²) in [6, 6.07) is 0. The fraction of sp³-hybridized carbons (Fsp3) is 1.00. The average molecular weight is 316 g/mol. The van der Waals surface area contributed by atoms with Crippen molar-refractivity contribution < 1.29 is 13.2 Å². The molecule has 0 heterocycles. The van der Waals surface area contributed by atoms with Crippen LogP contribution >= 0.6 is 15.9 Å². The highest BCUT2D eigenvalue weighted by atomic mass is 79.9. The van der Waals surface area contributed by atoms with Crippen LogP contribution in [0.5, 0.6) is 0 Å². The summed E-state index contributed by atoms with van der Waals surface area (Å²) in [6.45, 7) is 7.10. The lowest BCUT2D eigenvalue weighted by Crippen LogP contribution is -2.40. The molecule has 0 N–H and O–H groups in total. The Morgan fingerprint density at radius 1 is 1.25 bits per heavy atom. The molecule has 0 aliphatic rings. The number of ether oxygens (including phenoxy) is 1. The van der Waals surface area contributed by atoms with E-state index in [2.05, 4.69) is 15.9 Å². The molecule has 0 bridgehead atoms. The van der Waals surface area contributed by atoms with E-state index in [0.29, 0.717) is 25.0 Å². The minimum absolute atomic E-state index is 0.163. The number of hydrogen-bond acceptors (Lipinski definition) is 3. The van der Waals surface area contributed by atoms with Gasteiger partial charge in [-0.1, -0.05) is 36.7 Å². The lowest BCUT2D eigenvalue weighted by atomic mass is 10.0. The first-order valence-electron chi connectivity index (χ1n) is 5.25. The number of methoxy groups -OCH3 is 1. The van der Waals surface area contributed by atoms with E-state index in [0.717, 1.165) is 0 Å². The SMILES string of the molecule is COCCN(CCBr)S(=O)(=O)CC(C)(C)C. The Balaban J connectivity index is 4.62. The van der Waals surface area contributed by atoms with Crippen molar-refractivity contribution in [1.29, 1.82) is 0 Å². The first-order valence-corrected chi connectivity index (χ1v) is 7.99. The van der Waals surface area contributed by atoms with E-state index < -0.39 is 10.0 Å². The van der Waals surface area contributed by atoms with Gasteiger partial charge < -0.3 is 4.74 Å². The smallest absolute Gasteiger partial charge is 0.214 e. The lowest BCUT2D eigenvalue weighted by molar-refractivity contribution is 0.180. The van der Waals surface area contributed by atoms with Crippen molar-refractivity contribution in [3.8, 4) is 0 Å². The highest BCUT2D eigenvalue weighted by Crippen LogP contribution is 2.18. The monoisotopic (exact) mass is 315 g/mol. The summed E-state index contributed by atoms with van der Waals surface area (Å²) in [5.41, 5.74) is -0.226. The quantitative estimate of drug-likeness (QED) is 0.672. The van der Waals surface area contributed by atoms with Crippen molar-refractivity contribution in [3.05, 3.63) is 0 Å². The lowest BCUT2D eigenvalue weighted by Gasteiger charge is -2.26. The van der Waals surface area contributed by atoms with Crippen LogP contribution < -0.4 is 0 Å². The molecule has 0 amide bonds. The van der Waals surface area contributed by atoms with Crippen molar-refractivity contribution >= 4 is 26.0 Å². The Kier molecular flexibility index (Phi) is 7.09. The van der Waals surface area contributed by atoms with Crippen LogP contribution in [0.2, 0.25) is 0 Å². The minimum Gasteiger partial charge on any atom is -0.383 e. The van der Waals surface area contributed by atoms with Crippen LogP contribution in [0.25, 0.3) is 0 Å². The zero-order valence-electron chi connectivity index (χ0n) is 10.5. The van der Waals surface area contributed by atoms with Gasteiger partial charge in [0.15, 0.2) is 0 Å². The molecule has 0 spiro atoms. The molecular formula is C10H22BrNO3S. The third kappa shape index (κ3) is 6.83. The average Bonchev–Trinajstić information content (AvgIpc) is 2.07. The molecule has 0 aliphatic heterocycles. The van der Waals surface area contributed by atoms with Gasteiger partial charge in [0.25, 0.3) is 0 Å². The van der Waals surface area contributed by atoms with Gasteiger partial charge in [-0.05, 0) is 5.41 Å². The van der Waals surface area contributed by atoms with Gasteiger partial charge in [0.2, 0.25) is 10.0 Å². The van der Waals surface area contributed by atoms with E-state index in [-0.39, 0.29) is 11.2 Å². The van der Waals surface area contributed by atoms with Crippen molar-refractivity contribution in [3.63, 3.8) is 0 Å². The Hall–Kier alpha value is 0.350. The van der Waals surface area contributed by atoms with Crippen LogP contribution in [0.1, 0.15) is 20.8 Å². The van der Waals surface area contributed by atoms with Crippen molar-refractivity contribution in [2.75, 3.05) is 37.9 Å². The van der Waals surface area contributed by atoms with Crippen LogP contribution in [0, 0.1) is 5.41 Å². The molecule has 0 atom stereocenters. The molecule has 0 radical (unpaired) electrons. The van der Waals surface area contributed by atoms with Gasteiger partial charge in [-0.25, -0.2) is 8.42 Å². The highest BCUT2D eigenvalue weighted by Gasteiger charge is 2.27. The molecule has 0 rings (SSSR count). The molecule has 0 saturated heterocycles. The second kappa shape index (κ2) is 6.93. The Bertz CT molecular complexity index is 285. The molecule has 0 saturated carbocycles. The Labute approximate surface area is 108 Å². The van der Waals surface area contributed by atoms with Gasteiger partial charge in [-0.3, -0.25) is 0 Å². The molecule has 0 aromatic carbocycles. The summed E-state index contributed by atoms with van der Waals surface area (Å²) in [7, 11) is -1.62. The molecule has 16 heavy (non-hydrogen) atoms. The van der Waals surface area contributed by atoms with Crippen LogP contribution in [0.15, 0.2) is 0 Å². The van der Waals surface area contributed by atoms with E-state index in [1.807, 2.05) is 20.8 Å². The first kappa shape index (κ1) is 16.4. The van der Waals surface area contributed by atoms with Crippen molar-refractivity contribution in [2.24, 2.45) is 5.41 Å². The second-order valence-corrected chi connectivity index (χ2v) is 7.66. The standard InChI is InChI=1S/C10H22BrNO3S/c1-10(2,3)9-16(13,14)12(6-5-11)7-8-15-4/h5-9H2,1-4H3. The molecule has 0 aliphatic carbocycles. The topological polar surface area (TPSA) is 46.6 Å². The highest BCUT2D eigenvalue weighted by molar-refractivity contribution is 9.09. The van der Waals surface area contributed by atoms with Gasteiger partial charge in [-0.15, -0.1) is 0 Å². The van der Waals surface area contributed by atoms with E-state index >= 15 is 0 Å². The summed E-state index contributed by atoms with van der Waals surface area (Å²) < 4.78 is 30.6. The molecule has 0 aromatic heterocycles. The zero-order valence-corrected chi connectivity index (χ0v) is 12.9. The van der Waals surface area contributed by atoms with Crippen LogP contribution in [-0.2, 0) is 14.8 Å². The van der Waals surface area contributed by atoms with Gasteiger partial charge in [0.05, 0.1) is 12.4 Å². The molecule has 6 heteroatoms. The predicted octanol–water partition coefficient (Wildman–Crippen LogP) is 1.71. The normalized spacial score (nSPS) is 13.4. The number of nitrogens with zero attached hydrogens (tertiary/aromatic N) is 1. The largest absolute Gasteiger partial charge is 0.383 e. The molecule has 0 fully saturated rings. The summed E-state index contributed by atoms with van der Waals surface area (Å²) in [5, 5.41) is 0.639. The fourth-order valence-electron chi connectivity index (χ4n) is 1.32. The van der Waals surface area contributed by atoms with Gasteiger partial charge in [0.1, 0.15) is 0 Å². The van der Waals surface area contributed by atoms with E-state index in [1.165, 1.54) is 4.31 Å². The summed E-state index contributed by atoms with van der Waals surface area (Å²) in [6.07, 6.45) is 0. The van der Waals surface area contributed by atoms with Crippen molar-refractivity contribution in [1.82, 2.24) is 4.31 Å². The number of sulfonamides is 1. The second-order valence-electron chi connectivity index (χ2n) is 4.90. The number of halogens is 1. The van der Waals surface area contributed by atoms with E-state index in [1.54, 1.807) is 7.11 Å². The van der Waals surface area contributed by atoms with Gasteiger partial charge in [0, 0.05) is 25.5 Å². The fourth-order valence-corrected chi connectivity index (χ4v) is 3.98. The maximum Gasteiger partial charge on any atom is 0.214 e. The summed E-state index contributed by atoms with van der Waals surface area (Å²) >= 11 is 3.27. The third-order valence-electron chi connectivity index (χ3n) is 1.89. The molecule has 0 unspecified atom stereocenters. The van der Waals surface area contributed by atoms with Gasteiger partial charge in [-0.2, -0.15) is 4.31 Å². The molecule has 4 nitrogen and oxygen atoms in total. The Morgan fingerprint density at radius 2 is 1.81 bits per heavy atom. The third-order valence-corrected chi connectivity index (χ3v) is 4.62. The predicted molar refractivity (Wildman–Crippen MR) is 70.5 cm³/mol. The van der Waals surface area contributed by atoms with Crippen LogP contribution in [0.3, 0.4) is 0 Å². The van der Waals surface area contributed by atoms with Crippen LogP contribution in [-0.4, -0.2) is 50.6 Å². The number of rotatable bonds is 7. The van der Waals surface area contributed by atoms with E-state index in [4.69, 9.17) is 4.74 Å². The maximum absolute atomic E-state index is 12.1. The molecule has 98 valence electrons. The van der Waals surface area contributed by atoms with Crippen molar-refractivity contribution in [2.45, 2.75) is 20.8 Å². The summed E-state index contributed by atoms with van der Waals surface area (Å²) in [4.78, 5) is 0. The van der Waals surface area contributed by atoms with Crippen LogP contribution in [0.4, 0.5) is 0 Å². The minimum atomic E-state index is -3.19. The van der Waals surface area contributed by atoms with Gasteiger partial charge >= 0.3 is 0 Å². The number of alkyl halides is 1. The first-order chi connectivity index (χ1) is 7.23. The maximum atomic E-state index is 12.1. The Morgan fingerprint density at radius 3 is 2.19 bits per heavy atom. The number of hydrogen-bond donors (Lipinski definition) is 0. The summed E-state index contributed by atoms with van der Waals surface area (Å²) in [5.74, 6) is 0.163. The van der Waals surface area contributed by atoms with E-state index in [9.17, 15) is 8.42 Å². The molecular weight excluding hydrogens is 294 g/mol. The zero-order chi connectivity index (χ0) is 12.8.